The number of hydrogen-bond donors (Lipinski definition) is 1. The first-order valence-electron chi connectivity index (χ1n) is 5.36. The van der Waals surface area contributed by atoms with Crippen LogP contribution in [0.5, 0.6) is 0 Å². The van der Waals surface area contributed by atoms with Gasteiger partial charge in [0, 0.05) is 18.9 Å². The second-order valence-corrected chi connectivity index (χ2v) is 5.11. The van der Waals surface area contributed by atoms with Crippen LogP contribution in [-0.2, 0) is 13.0 Å². The van der Waals surface area contributed by atoms with Crippen molar-refractivity contribution in [1.29, 1.82) is 0 Å². The molecular weight excluding hydrogens is 172 g/mol. The van der Waals surface area contributed by atoms with E-state index in [0.717, 1.165) is 19.5 Å². The standard InChI is InChI=1S/C12H22N2/c1-12(2,3)6-9-14-8-5-11(10-14)4-7-13/h5,8,10H,4,6-7,9,13H2,1-3H3. The van der Waals surface area contributed by atoms with Crippen LogP contribution in [0.1, 0.15) is 32.8 Å². The predicted octanol–water partition coefficient (Wildman–Crippen LogP) is 2.43. The van der Waals surface area contributed by atoms with Crippen molar-refractivity contribution in [2.45, 2.75) is 40.2 Å². The van der Waals surface area contributed by atoms with E-state index in [1.807, 2.05) is 0 Å². The molecule has 1 aromatic heterocycles. The van der Waals surface area contributed by atoms with Gasteiger partial charge in [-0.1, -0.05) is 20.8 Å². The molecule has 14 heavy (non-hydrogen) atoms. The first-order chi connectivity index (χ1) is 6.51. The summed E-state index contributed by atoms with van der Waals surface area (Å²) in [7, 11) is 0. The fourth-order valence-corrected chi connectivity index (χ4v) is 1.41. The van der Waals surface area contributed by atoms with Gasteiger partial charge in [0.25, 0.3) is 0 Å². The summed E-state index contributed by atoms with van der Waals surface area (Å²) in [4.78, 5) is 0. The Labute approximate surface area is 87.1 Å². The molecule has 80 valence electrons. The molecule has 0 unspecified atom stereocenters. The Bertz CT molecular complexity index is 268. The third-order valence-corrected chi connectivity index (χ3v) is 2.36. The summed E-state index contributed by atoms with van der Waals surface area (Å²) in [5, 5.41) is 0. The molecule has 0 saturated carbocycles. The van der Waals surface area contributed by atoms with Crippen molar-refractivity contribution in [3.63, 3.8) is 0 Å². The molecule has 1 heterocycles. The topological polar surface area (TPSA) is 30.9 Å². The van der Waals surface area contributed by atoms with E-state index in [-0.39, 0.29) is 0 Å². The molecule has 0 atom stereocenters. The van der Waals surface area contributed by atoms with Crippen LogP contribution < -0.4 is 5.73 Å². The minimum atomic E-state index is 0.415. The third kappa shape index (κ3) is 3.97. The van der Waals surface area contributed by atoms with E-state index in [0.29, 0.717) is 5.41 Å². The number of nitrogens with zero attached hydrogens (tertiary/aromatic N) is 1. The van der Waals surface area contributed by atoms with Gasteiger partial charge in [-0.2, -0.15) is 0 Å². The molecule has 1 aromatic rings. The van der Waals surface area contributed by atoms with E-state index < -0.39 is 0 Å². The summed E-state index contributed by atoms with van der Waals surface area (Å²) in [5.41, 5.74) is 7.27. The fraction of sp³-hybridized carbons (Fsp3) is 0.667. The molecule has 1 rings (SSSR count). The summed E-state index contributed by atoms with van der Waals surface area (Å²) in [6.45, 7) is 8.67. The van der Waals surface area contributed by atoms with Crippen molar-refractivity contribution in [2.24, 2.45) is 11.1 Å². The van der Waals surface area contributed by atoms with Crippen molar-refractivity contribution in [2.75, 3.05) is 6.54 Å². The van der Waals surface area contributed by atoms with E-state index in [2.05, 4.69) is 43.8 Å². The smallest absolute Gasteiger partial charge is 0.0224 e. The molecule has 2 nitrogen and oxygen atoms in total. The van der Waals surface area contributed by atoms with Gasteiger partial charge >= 0.3 is 0 Å². The summed E-state index contributed by atoms with van der Waals surface area (Å²) in [6.07, 6.45) is 6.56. The molecule has 0 aliphatic rings. The van der Waals surface area contributed by atoms with Gasteiger partial charge in [-0.15, -0.1) is 0 Å². The maximum atomic E-state index is 5.50. The lowest BCUT2D eigenvalue weighted by Gasteiger charge is -2.18. The van der Waals surface area contributed by atoms with Crippen LogP contribution in [0.15, 0.2) is 18.5 Å². The Morgan fingerprint density at radius 1 is 1.36 bits per heavy atom. The minimum absolute atomic E-state index is 0.415. The summed E-state index contributed by atoms with van der Waals surface area (Å²) in [6, 6.07) is 2.16. The van der Waals surface area contributed by atoms with Gasteiger partial charge in [0.2, 0.25) is 0 Å². The second kappa shape index (κ2) is 4.65. The zero-order valence-electron chi connectivity index (χ0n) is 9.59. The second-order valence-electron chi connectivity index (χ2n) is 5.11. The third-order valence-electron chi connectivity index (χ3n) is 2.36. The van der Waals surface area contributed by atoms with Gasteiger partial charge in [-0.3, -0.25) is 0 Å². The molecule has 0 aliphatic carbocycles. The molecule has 0 radical (unpaired) electrons. The fourth-order valence-electron chi connectivity index (χ4n) is 1.41. The molecular formula is C12H22N2. The van der Waals surface area contributed by atoms with Crippen LogP contribution in [0.4, 0.5) is 0 Å². The van der Waals surface area contributed by atoms with Crippen molar-refractivity contribution in [3.05, 3.63) is 24.0 Å². The quantitative estimate of drug-likeness (QED) is 0.784. The van der Waals surface area contributed by atoms with Gasteiger partial charge in [0.05, 0.1) is 0 Å². The molecule has 2 N–H and O–H groups in total. The molecule has 0 fully saturated rings. The highest BCUT2D eigenvalue weighted by atomic mass is 14.9. The molecule has 0 spiro atoms. The van der Waals surface area contributed by atoms with Crippen LogP contribution in [-0.4, -0.2) is 11.1 Å². The molecule has 0 saturated heterocycles. The van der Waals surface area contributed by atoms with Crippen LogP contribution >= 0.6 is 0 Å². The highest BCUT2D eigenvalue weighted by Crippen LogP contribution is 2.19. The number of rotatable bonds is 4. The van der Waals surface area contributed by atoms with Gasteiger partial charge in [0.1, 0.15) is 0 Å². The summed E-state index contributed by atoms with van der Waals surface area (Å²) in [5.74, 6) is 0. The van der Waals surface area contributed by atoms with Gasteiger partial charge < -0.3 is 10.3 Å². The number of nitrogens with two attached hydrogens (primary N) is 1. The van der Waals surface area contributed by atoms with Crippen molar-refractivity contribution >= 4 is 0 Å². The van der Waals surface area contributed by atoms with E-state index in [4.69, 9.17) is 5.73 Å². The Kier molecular flexibility index (Phi) is 3.76. The Hall–Kier alpha value is -0.760. The maximum Gasteiger partial charge on any atom is 0.0224 e. The lowest BCUT2D eigenvalue weighted by Crippen LogP contribution is -2.09. The highest BCUT2D eigenvalue weighted by molar-refractivity contribution is 5.10. The van der Waals surface area contributed by atoms with Gasteiger partial charge in [-0.05, 0) is 36.4 Å². The monoisotopic (exact) mass is 194 g/mol. The molecule has 2 heteroatoms. The molecule has 0 aromatic carbocycles. The number of aromatic nitrogens is 1. The number of hydrogen-bond acceptors (Lipinski definition) is 1. The van der Waals surface area contributed by atoms with Crippen LogP contribution in [0.3, 0.4) is 0 Å². The van der Waals surface area contributed by atoms with E-state index in [1.165, 1.54) is 12.0 Å². The molecule has 0 aliphatic heterocycles. The van der Waals surface area contributed by atoms with Crippen molar-refractivity contribution in [3.8, 4) is 0 Å². The average Bonchev–Trinajstić information content (AvgIpc) is 2.49. The maximum absolute atomic E-state index is 5.50. The Morgan fingerprint density at radius 3 is 2.64 bits per heavy atom. The normalized spacial score (nSPS) is 12.0. The van der Waals surface area contributed by atoms with Crippen LogP contribution in [0.25, 0.3) is 0 Å². The number of aryl methyl sites for hydroxylation is 1. The zero-order chi connectivity index (χ0) is 10.6. The Morgan fingerprint density at radius 2 is 2.07 bits per heavy atom. The highest BCUT2D eigenvalue weighted by Gasteiger charge is 2.09. The first-order valence-corrected chi connectivity index (χ1v) is 5.36. The average molecular weight is 194 g/mol. The van der Waals surface area contributed by atoms with E-state index >= 15 is 0 Å². The SMILES string of the molecule is CC(C)(C)CCn1ccc(CCN)c1. The Balaban J connectivity index is 2.44. The van der Waals surface area contributed by atoms with Crippen LogP contribution in [0.2, 0.25) is 0 Å². The van der Waals surface area contributed by atoms with Gasteiger partial charge in [-0.25, -0.2) is 0 Å². The largest absolute Gasteiger partial charge is 0.354 e. The summed E-state index contributed by atoms with van der Waals surface area (Å²) < 4.78 is 2.26. The van der Waals surface area contributed by atoms with E-state index in [9.17, 15) is 0 Å². The molecule has 0 bridgehead atoms. The molecule has 0 amide bonds. The zero-order valence-corrected chi connectivity index (χ0v) is 9.59. The summed E-state index contributed by atoms with van der Waals surface area (Å²) >= 11 is 0. The van der Waals surface area contributed by atoms with Crippen molar-refractivity contribution in [1.82, 2.24) is 4.57 Å². The predicted molar refractivity (Wildman–Crippen MR) is 61.3 cm³/mol. The lowest BCUT2D eigenvalue weighted by molar-refractivity contribution is 0.350. The lowest BCUT2D eigenvalue weighted by atomic mass is 9.92. The van der Waals surface area contributed by atoms with Crippen LogP contribution in [0, 0.1) is 5.41 Å². The first kappa shape index (κ1) is 11.3. The van der Waals surface area contributed by atoms with Gasteiger partial charge in [0.15, 0.2) is 0 Å². The van der Waals surface area contributed by atoms with Crippen molar-refractivity contribution < 1.29 is 0 Å². The minimum Gasteiger partial charge on any atom is -0.354 e. The van der Waals surface area contributed by atoms with E-state index in [1.54, 1.807) is 0 Å².